The van der Waals surface area contributed by atoms with E-state index < -0.39 is 6.17 Å². The third-order valence-electron chi connectivity index (χ3n) is 4.73. The molecule has 0 aliphatic carbocycles. The summed E-state index contributed by atoms with van der Waals surface area (Å²) in [7, 11) is 1.94. The summed E-state index contributed by atoms with van der Waals surface area (Å²) >= 11 is 5.99. The molecule has 1 saturated heterocycles. The molecule has 134 valence electrons. The predicted molar refractivity (Wildman–Crippen MR) is 104 cm³/mol. The number of hydrogen-bond acceptors (Lipinski definition) is 4. The van der Waals surface area contributed by atoms with Crippen molar-refractivity contribution in [2.75, 3.05) is 25.5 Å². The first-order valence-corrected chi connectivity index (χ1v) is 9.08. The van der Waals surface area contributed by atoms with Crippen LogP contribution in [0.15, 0.2) is 48.5 Å². The Balaban J connectivity index is 1.71. The lowest BCUT2D eigenvalue weighted by atomic mass is 10.0. The molecule has 1 fully saturated rings. The fourth-order valence-electron chi connectivity index (χ4n) is 3.58. The fraction of sp³-hybridized carbons (Fsp3) is 0.300. The predicted octanol–water partition coefficient (Wildman–Crippen LogP) is 4.40. The van der Waals surface area contributed by atoms with Crippen molar-refractivity contribution in [3.63, 3.8) is 0 Å². The quantitative estimate of drug-likeness (QED) is 0.741. The molecule has 6 heteroatoms. The summed E-state index contributed by atoms with van der Waals surface area (Å²) in [6, 6.07) is 15.6. The highest BCUT2D eigenvalue weighted by molar-refractivity contribution is 6.30. The van der Waals surface area contributed by atoms with Crippen molar-refractivity contribution in [1.29, 1.82) is 0 Å². The topological polar surface area (TPSA) is 41.0 Å². The first kappa shape index (κ1) is 17.2. The van der Waals surface area contributed by atoms with Gasteiger partial charge in [0.15, 0.2) is 5.82 Å². The van der Waals surface area contributed by atoms with Crippen LogP contribution in [0, 0.1) is 0 Å². The number of rotatable bonds is 3. The lowest BCUT2D eigenvalue weighted by Gasteiger charge is -2.32. The molecule has 1 aliphatic rings. The van der Waals surface area contributed by atoms with Crippen molar-refractivity contribution in [2.24, 2.45) is 0 Å². The number of likely N-dealkylation sites (N-methyl/N-ethyl adjacent to an activating group) is 1. The van der Waals surface area contributed by atoms with Gasteiger partial charge in [0.2, 0.25) is 0 Å². The van der Waals surface area contributed by atoms with Gasteiger partial charge in [-0.2, -0.15) is 0 Å². The zero-order valence-electron chi connectivity index (χ0n) is 14.5. The molecule has 1 aromatic heterocycles. The Morgan fingerprint density at radius 2 is 1.77 bits per heavy atom. The molecular weight excluding hydrogens is 351 g/mol. The molecule has 2 heterocycles. The number of piperidine rings is 1. The number of anilines is 1. The molecule has 0 radical (unpaired) electrons. The summed E-state index contributed by atoms with van der Waals surface area (Å²) in [6.45, 7) is 1.27. The van der Waals surface area contributed by atoms with Crippen molar-refractivity contribution in [1.82, 2.24) is 15.1 Å². The third kappa shape index (κ3) is 3.50. The summed E-state index contributed by atoms with van der Waals surface area (Å²) in [4.78, 5) is 2.00. The second-order valence-electron chi connectivity index (χ2n) is 6.85. The first-order chi connectivity index (χ1) is 12.6. The minimum atomic E-state index is -0.821. The number of benzene rings is 2. The van der Waals surface area contributed by atoms with E-state index in [-0.39, 0.29) is 6.04 Å². The fourth-order valence-corrected chi connectivity index (χ4v) is 3.70. The van der Waals surface area contributed by atoms with Gasteiger partial charge >= 0.3 is 0 Å². The van der Waals surface area contributed by atoms with Gasteiger partial charge in [0, 0.05) is 46.9 Å². The Kier molecular flexibility index (Phi) is 4.74. The average Bonchev–Trinajstić information content (AvgIpc) is 2.62. The van der Waals surface area contributed by atoms with Crippen LogP contribution in [-0.4, -0.2) is 47.4 Å². The Morgan fingerprint density at radius 1 is 1.04 bits per heavy atom. The van der Waals surface area contributed by atoms with Crippen LogP contribution >= 0.6 is 11.6 Å². The number of alkyl halides is 1. The van der Waals surface area contributed by atoms with E-state index in [1.165, 1.54) is 0 Å². The van der Waals surface area contributed by atoms with Crippen molar-refractivity contribution >= 4 is 28.2 Å². The van der Waals surface area contributed by atoms with E-state index in [4.69, 9.17) is 11.6 Å². The van der Waals surface area contributed by atoms with Gasteiger partial charge in [0.25, 0.3) is 0 Å². The molecule has 1 N–H and O–H groups in total. The van der Waals surface area contributed by atoms with E-state index in [0.717, 1.165) is 28.6 Å². The van der Waals surface area contributed by atoms with Crippen LogP contribution in [-0.2, 0) is 0 Å². The smallest absolute Gasteiger partial charge is 0.156 e. The van der Waals surface area contributed by atoms with E-state index in [1.54, 1.807) is 0 Å². The number of nitrogens with one attached hydrogen (secondary N) is 1. The molecule has 1 aliphatic heterocycles. The summed E-state index contributed by atoms with van der Waals surface area (Å²) in [5.41, 5.74) is 1.78. The van der Waals surface area contributed by atoms with Gasteiger partial charge in [-0.05, 0) is 19.2 Å². The number of hydrogen-bond donors (Lipinski definition) is 1. The Morgan fingerprint density at radius 3 is 2.50 bits per heavy atom. The van der Waals surface area contributed by atoms with Gasteiger partial charge in [-0.15, -0.1) is 10.2 Å². The molecule has 0 spiro atoms. The van der Waals surface area contributed by atoms with Crippen LogP contribution in [0.2, 0.25) is 5.02 Å². The van der Waals surface area contributed by atoms with E-state index in [2.05, 4.69) is 15.5 Å². The van der Waals surface area contributed by atoms with Crippen molar-refractivity contribution in [3.8, 4) is 11.3 Å². The van der Waals surface area contributed by atoms with Crippen molar-refractivity contribution in [2.45, 2.75) is 18.6 Å². The molecule has 0 bridgehead atoms. The average molecular weight is 371 g/mol. The van der Waals surface area contributed by atoms with Gasteiger partial charge in [-0.25, -0.2) is 4.39 Å². The summed E-state index contributed by atoms with van der Waals surface area (Å²) in [5.74, 6) is 0.700. The minimum Gasteiger partial charge on any atom is -0.364 e. The molecule has 2 aromatic carbocycles. The highest BCUT2D eigenvalue weighted by Crippen LogP contribution is 2.31. The van der Waals surface area contributed by atoms with Gasteiger partial charge in [0.05, 0.1) is 0 Å². The molecule has 0 saturated carbocycles. The molecule has 4 nitrogen and oxygen atoms in total. The first-order valence-electron chi connectivity index (χ1n) is 8.70. The van der Waals surface area contributed by atoms with Crippen LogP contribution < -0.4 is 5.32 Å². The zero-order chi connectivity index (χ0) is 18.1. The van der Waals surface area contributed by atoms with Gasteiger partial charge in [0.1, 0.15) is 11.9 Å². The molecule has 26 heavy (non-hydrogen) atoms. The van der Waals surface area contributed by atoms with E-state index in [9.17, 15) is 4.39 Å². The Bertz CT molecular complexity index is 905. The third-order valence-corrected chi connectivity index (χ3v) is 4.98. The second kappa shape index (κ2) is 7.17. The lowest BCUT2D eigenvalue weighted by molar-refractivity contribution is 0.153. The van der Waals surface area contributed by atoms with Crippen LogP contribution in [0.1, 0.15) is 6.42 Å². The minimum absolute atomic E-state index is 0.0165. The van der Waals surface area contributed by atoms with E-state index >= 15 is 0 Å². The zero-order valence-corrected chi connectivity index (χ0v) is 15.2. The molecule has 0 amide bonds. The normalized spacial score (nSPS) is 21.0. The SMILES string of the molecule is CN1C[C@H](F)C[C@@H](Nc2nnc(-c3ccc(Cl)cc3)c3ccccc23)C1. The summed E-state index contributed by atoms with van der Waals surface area (Å²) < 4.78 is 13.9. The van der Waals surface area contributed by atoms with Crippen molar-refractivity contribution in [3.05, 3.63) is 53.6 Å². The number of aromatic nitrogens is 2. The highest BCUT2D eigenvalue weighted by Gasteiger charge is 2.25. The Labute approximate surface area is 157 Å². The number of fused-ring (bicyclic) bond motifs is 1. The van der Waals surface area contributed by atoms with Gasteiger partial charge < -0.3 is 10.2 Å². The van der Waals surface area contributed by atoms with Crippen LogP contribution in [0.3, 0.4) is 0 Å². The lowest BCUT2D eigenvalue weighted by Crippen LogP contribution is -2.45. The number of nitrogens with zero attached hydrogens (tertiary/aromatic N) is 3. The molecule has 3 aromatic rings. The van der Waals surface area contributed by atoms with E-state index in [0.29, 0.717) is 23.8 Å². The number of halogens is 2. The molecular formula is C20H20ClFN4. The maximum atomic E-state index is 13.9. The monoisotopic (exact) mass is 370 g/mol. The van der Waals surface area contributed by atoms with Crippen LogP contribution in [0.5, 0.6) is 0 Å². The maximum absolute atomic E-state index is 13.9. The van der Waals surface area contributed by atoms with Crippen LogP contribution in [0.25, 0.3) is 22.0 Å². The van der Waals surface area contributed by atoms with E-state index in [1.807, 2.05) is 60.5 Å². The largest absolute Gasteiger partial charge is 0.364 e. The second-order valence-corrected chi connectivity index (χ2v) is 7.28. The molecule has 0 unspecified atom stereocenters. The Hall–Kier alpha value is -2.24. The molecule has 4 rings (SSSR count). The van der Waals surface area contributed by atoms with Crippen LogP contribution in [0.4, 0.5) is 10.2 Å². The molecule has 2 atom stereocenters. The van der Waals surface area contributed by atoms with Gasteiger partial charge in [-0.3, -0.25) is 0 Å². The summed E-state index contributed by atoms with van der Waals surface area (Å²) in [5, 5.41) is 14.9. The van der Waals surface area contributed by atoms with Crippen molar-refractivity contribution < 1.29 is 4.39 Å². The maximum Gasteiger partial charge on any atom is 0.156 e. The van der Waals surface area contributed by atoms with Gasteiger partial charge in [-0.1, -0.05) is 48.0 Å². The highest BCUT2D eigenvalue weighted by atomic mass is 35.5. The number of likely N-dealkylation sites (tertiary alicyclic amines) is 1. The summed E-state index contributed by atoms with van der Waals surface area (Å²) in [6.07, 6.45) is -0.335. The standard InChI is InChI=1S/C20H20ClFN4/c1-26-11-15(22)10-16(12-26)23-20-18-5-3-2-4-17(18)19(24-25-20)13-6-8-14(21)9-7-13/h2-9,15-16H,10-12H2,1H3,(H,23,25)/t15-,16-/m1/s1.